The highest BCUT2D eigenvalue weighted by Gasteiger charge is 2.14. The zero-order valence-corrected chi connectivity index (χ0v) is 15.0. The van der Waals surface area contributed by atoms with Crippen molar-refractivity contribution in [2.75, 3.05) is 6.54 Å². The van der Waals surface area contributed by atoms with Crippen molar-refractivity contribution in [2.24, 2.45) is 0 Å². The summed E-state index contributed by atoms with van der Waals surface area (Å²) < 4.78 is 5.81. The van der Waals surface area contributed by atoms with E-state index in [0.29, 0.717) is 17.9 Å². The molecule has 2 unspecified atom stereocenters. The molecular formula is C21H22N2O4. The van der Waals surface area contributed by atoms with E-state index < -0.39 is 18.1 Å². The van der Waals surface area contributed by atoms with E-state index in [9.17, 15) is 9.90 Å². The van der Waals surface area contributed by atoms with Gasteiger partial charge < -0.3 is 20.3 Å². The number of nitrogens with zero attached hydrogens (tertiary/aromatic N) is 1. The third-order valence-corrected chi connectivity index (χ3v) is 4.27. The fraction of sp³-hybridized carbons (Fsp3) is 0.238. The molecule has 2 aromatic carbocycles. The summed E-state index contributed by atoms with van der Waals surface area (Å²) >= 11 is 0. The second kappa shape index (κ2) is 8.62. The molecule has 3 rings (SSSR count). The van der Waals surface area contributed by atoms with Crippen LogP contribution in [0.1, 0.15) is 24.3 Å². The Morgan fingerprint density at radius 1 is 1.15 bits per heavy atom. The molecule has 0 aliphatic rings. The molecule has 0 fully saturated rings. The first-order valence-electron chi connectivity index (χ1n) is 8.74. The number of fused-ring (bicyclic) bond motifs is 1. The van der Waals surface area contributed by atoms with E-state index in [-0.39, 0.29) is 6.54 Å². The molecule has 6 heteroatoms. The summed E-state index contributed by atoms with van der Waals surface area (Å²) in [6.07, 6.45) is -0.825. The molecule has 27 heavy (non-hydrogen) atoms. The van der Waals surface area contributed by atoms with Crippen LogP contribution in [0.5, 0.6) is 5.75 Å². The quantitative estimate of drug-likeness (QED) is 0.568. The molecule has 0 aliphatic heterocycles. The Bertz CT molecular complexity index is 929. The number of nitrogens with one attached hydrogen (secondary N) is 1. The highest BCUT2D eigenvalue weighted by atomic mass is 16.5. The number of aliphatic carboxylic acids is 1. The molecule has 6 nitrogen and oxygen atoms in total. The van der Waals surface area contributed by atoms with E-state index in [0.717, 1.165) is 16.6 Å². The summed E-state index contributed by atoms with van der Waals surface area (Å²) in [6, 6.07) is 18.2. The minimum Gasteiger partial charge on any atom is -0.487 e. The van der Waals surface area contributed by atoms with Crippen molar-refractivity contribution in [2.45, 2.75) is 25.7 Å². The second-order valence-electron chi connectivity index (χ2n) is 6.34. The Labute approximate surface area is 157 Å². The SMILES string of the molecule is CC(NCC(O)c1cccc(OCc2ccc3ccccc3n2)c1)C(=O)O. The van der Waals surface area contributed by atoms with Crippen molar-refractivity contribution < 1.29 is 19.7 Å². The third kappa shape index (κ3) is 5.03. The summed E-state index contributed by atoms with van der Waals surface area (Å²) in [6.45, 7) is 1.99. The Kier molecular flexibility index (Phi) is 6.01. The number of carboxylic acids is 1. The van der Waals surface area contributed by atoms with E-state index in [1.165, 1.54) is 6.92 Å². The van der Waals surface area contributed by atoms with Crippen molar-refractivity contribution in [3.05, 3.63) is 71.9 Å². The number of hydrogen-bond donors (Lipinski definition) is 3. The van der Waals surface area contributed by atoms with Crippen LogP contribution in [0.3, 0.4) is 0 Å². The lowest BCUT2D eigenvalue weighted by molar-refractivity contribution is -0.139. The summed E-state index contributed by atoms with van der Waals surface area (Å²) in [7, 11) is 0. The Hall–Kier alpha value is -2.96. The van der Waals surface area contributed by atoms with Gasteiger partial charge in [0.15, 0.2) is 0 Å². The lowest BCUT2D eigenvalue weighted by atomic mass is 10.1. The van der Waals surface area contributed by atoms with E-state index >= 15 is 0 Å². The molecule has 0 saturated carbocycles. The Balaban J connectivity index is 1.62. The molecule has 0 saturated heterocycles. The standard InChI is InChI=1S/C21H22N2O4/c1-14(21(25)26)22-12-20(24)16-6-4-7-18(11-16)27-13-17-10-9-15-5-2-3-8-19(15)23-17/h2-11,14,20,22,24H,12-13H2,1H3,(H,25,26). The molecule has 0 radical (unpaired) electrons. The van der Waals surface area contributed by atoms with Gasteiger partial charge in [0.05, 0.1) is 17.3 Å². The molecule has 3 aromatic rings. The van der Waals surface area contributed by atoms with Crippen molar-refractivity contribution in [1.82, 2.24) is 10.3 Å². The van der Waals surface area contributed by atoms with E-state index in [4.69, 9.17) is 9.84 Å². The van der Waals surface area contributed by atoms with Gasteiger partial charge in [0.25, 0.3) is 0 Å². The maximum absolute atomic E-state index is 10.8. The zero-order chi connectivity index (χ0) is 19.2. The van der Waals surface area contributed by atoms with Crippen molar-refractivity contribution in [3.63, 3.8) is 0 Å². The number of aliphatic hydroxyl groups is 1. The van der Waals surface area contributed by atoms with Crippen LogP contribution in [0.25, 0.3) is 10.9 Å². The van der Waals surface area contributed by atoms with Crippen molar-refractivity contribution in [3.8, 4) is 5.75 Å². The molecule has 140 valence electrons. The normalized spacial score (nSPS) is 13.3. The lowest BCUT2D eigenvalue weighted by Crippen LogP contribution is -2.36. The maximum Gasteiger partial charge on any atom is 0.320 e. The number of benzene rings is 2. The minimum absolute atomic E-state index is 0.142. The molecule has 2 atom stereocenters. The van der Waals surface area contributed by atoms with E-state index in [1.54, 1.807) is 18.2 Å². The number of hydrogen-bond acceptors (Lipinski definition) is 5. The molecule has 3 N–H and O–H groups in total. The number of aliphatic hydroxyl groups excluding tert-OH is 1. The van der Waals surface area contributed by atoms with Crippen molar-refractivity contribution >= 4 is 16.9 Å². The van der Waals surface area contributed by atoms with Crippen LogP contribution in [-0.4, -0.2) is 33.8 Å². The van der Waals surface area contributed by atoms with Crippen LogP contribution in [0.2, 0.25) is 0 Å². The minimum atomic E-state index is -0.956. The van der Waals surface area contributed by atoms with Gasteiger partial charge in [0.2, 0.25) is 0 Å². The smallest absolute Gasteiger partial charge is 0.320 e. The molecule has 0 aliphatic carbocycles. The average molecular weight is 366 g/mol. The van der Waals surface area contributed by atoms with Crippen LogP contribution < -0.4 is 10.1 Å². The van der Waals surface area contributed by atoms with Crippen LogP contribution >= 0.6 is 0 Å². The second-order valence-corrected chi connectivity index (χ2v) is 6.34. The highest BCUT2D eigenvalue weighted by Crippen LogP contribution is 2.20. The number of ether oxygens (including phenoxy) is 1. The number of para-hydroxylation sites is 1. The monoisotopic (exact) mass is 366 g/mol. The fourth-order valence-corrected chi connectivity index (χ4v) is 2.65. The summed E-state index contributed by atoms with van der Waals surface area (Å²) in [5.41, 5.74) is 2.39. The van der Waals surface area contributed by atoms with Gasteiger partial charge in [0, 0.05) is 11.9 Å². The topological polar surface area (TPSA) is 91.7 Å². The number of rotatable bonds is 8. The zero-order valence-electron chi connectivity index (χ0n) is 15.0. The van der Waals surface area contributed by atoms with E-state index in [2.05, 4.69) is 10.3 Å². The molecule has 0 bridgehead atoms. The first kappa shape index (κ1) is 18.8. The summed E-state index contributed by atoms with van der Waals surface area (Å²) in [4.78, 5) is 15.4. The van der Waals surface area contributed by atoms with Gasteiger partial charge in [-0.1, -0.05) is 36.4 Å². The van der Waals surface area contributed by atoms with Gasteiger partial charge in [-0.3, -0.25) is 4.79 Å². The largest absolute Gasteiger partial charge is 0.487 e. The predicted molar refractivity (Wildman–Crippen MR) is 103 cm³/mol. The van der Waals surface area contributed by atoms with Crippen LogP contribution in [0.4, 0.5) is 0 Å². The third-order valence-electron chi connectivity index (χ3n) is 4.27. The first-order valence-corrected chi connectivity index (χ1v) is 8.74. The van der Waals surface area contributed by atoms with E-state index in [1.807, 2.05) is 42.5 Å². The van der Waals surface area contributed by atoms with Gasteiger partial charge >= 0.3 is 5.97 Å². The molecule has 0 spiro atoms. The lowest BCUT2D eigenvalue weighted by Gasteiger charge is -2.15. The van der Waals surface area contributed by atoms with Gasteiger partial charge in [-0.2, -0.15) is 0 Å². The number of pyridine rings is 1. The fourth-order valence-electron chi connectivity index (χ4n) is 2.65. The van der Waals surface area contributed by atoms with Crippen LogP contribution in [0.15, 0.2) is 60.7 Å². The number of carbonyl (C=O) groups is 1. The summed E-state index contributed by atoms with van der Waals surface area (Å²) in [5, 5.41) is 23.0. The average Bonchev–Trinajstić information content (AvgIpc) is 2.70. The van der Waals surface area contributed by atoms with Gasteiger partial charge in [-0.15, -0.1) is 0 Å². The number of carboxylic acid groups (broad SMARTS) is 1. The Morgan fingerprint density at radius 2 is 1.96 bits per heavy atom. The van der Waals surface area contributed by atoms with Crippen LogP contribution in [0, 0.1) is 0 Å². The van der Waals surface area contributed by atoms with Gasteiger partial charge in [0.1, 0.15) is 18.4 Å². The Morgan fingerprint density at radius 3 is 2.78 bits per heavy atom. The first-order chi connectivity index (χ1) is 13.0. The molecular weight excluding hydrogens is 344 g/mol. The highest BCUT2D eigenvalue weighted by molar-refractivity contribution is 5.78. The maximum atomic E-state index is 10.8. The van der Waals surface area contributed by atoms with Gasteiger partial charge in [-0.05, 0) is 36.8 Å². The summed E-state index contributed by atoms with van der Waals surface area (Å²) in [5.74, 6) is -0.338. The molecule has 1 heterocycles. The van der Waals surface area contributed by atoms with Gasteiger partial charge in [-0.25, -0.2) is 4.98 Å². The number of aromatic nitrogens is 1. The molecule has 1 aromatic heterocycles. The van der Waals surface area contributed by atoms with Crippen molar-refractivity contribution in [1.29, 1.82) is 0 Å². The molecule has 0 amide bonds. The predicted octanol–water partition coefficient (Wildman–Crippen LogP) is 2.91. The van der Waals surface area contributed by atoms with Crippen LogP contribution in [-0.2, 0) is 11.4 Å².